The number of unbranched alkanes of at least 4 members (excludes halogenated alkanes) is 4. The summed E-state index contributed by atoms with van der Waals surface area (Å²) < 4.78 is 27.1. The van der Waals surface area contributed by atoms with Gasteiger partial charge in [-0.05, 0) is 38.7 Å². The van der Waals surface area contributed by atoms with Gasteiger partial charge in [-0.3, -0.25) is 0 Å². The van der Waals surface area contributed by atoms with E-state index in [1.165, 1.54) is 4.31 Å². The summed E-state index contributed by atoms with van der Waals surface area (Å²) in [6, 6.07) is 6.24. The van der Waals surface area contributed by atoms with Crippen LogP contribution >= 0.6 is 0 Å². The first-order valence-corrected chi connectivity index (χ1v) is 10.3. The molecular weight excluding hydrogens is 348 g/mol. The van der Waals surface area contributed by atoms with E-state index in [2.05, 4.69) is 18.2 Å². The van der Waals surface area contributed by atoms with Gasteiger partial charge in [0.05, 0.1) is 18.2 Å². The van der Waals surface area contributed by atoms with Gasteiger partial charge in [0.2, 0.25) is 10.0 Å². The number of nitriles is 3. The van der Waals surface area contributed by atoms with Gasteiger partial charge >= 0.3 is 0 Å². The molecule has 0 fully saturated rings. The van der Waals surface area contributed by atoms with Crippen LogP contribution in [0, 0.1) is 39.9 Å². The fourth-order valence-electron chi connectivity index (χ4n) is 3.00. The van der Waals surface area contributed by atoms with Gasteiger partial charge < -0.3 is 0 Å². The van der Waals surface area contributed by atoms with Crippen molar-refractivity contribution in [1.82, 2.24) is 4.31 Å². The Labute approximate surface area is 157 Å². The average molecular weight is 375 g/mol. The van der Waals surface area contributed by atoms with Gasteiger partial charge in [0.1, 0.15) is 4.75 Å². The zero-order valence-electron chi connectivity index (χ0n) is 15.5. The third-order valence-corrected chi connectivity index (χ3v) is 7.59. The highest BCUT2D eigenvalue weighted by molar-refractivity contribution is 7.90. The molecule has 1 rings (SSSR count). The topological polar surface area (TPSA) is 109 Å². The summed E-state index contributed by atoms with van der Waals surface area (Å²) in [7, 11) is -3.70. The predicted molar refractivity (Wildman–Crippen MR) is 99.8 cm³/mol. The van der Waals surface area contributed by atoms with E-state index in [9.17, 15) is 13.7 Å². The molecular formula is C19H26N4O2S. The fraction of sp³-hybridized carbons (Fsp3) is 0.632. The Balaban J connectivity index is 3.03. The molecule has 0 spiro atoms. The minimum absolute atomic E-state index is 0.346. The number of hydrogen-bond donors (Lipinski definition) is 0. The maximum Gasteiger partial charge on any atom is 0.223 e. The van der Waals surface area contributed by atoms with Crippen molar-refractivity contribution in [3.8, 4) is 18.2 Å². The van der Waals surface area contributed by atoms with E-state index in [1.807, 2.05) is 0 Å². The molecule has 0 bridgehead atoms. The monoisotopic (exact) mass is 374 g/mol. The number of hydrogen-bond acceptors (Lipinski definition) is 5. The summed E-state index contributed by atoms with van der Waals surface area (Å²) in [5, 5.41) is 26.6. The lowest BCUT2D eigenvalue weighted by Gasteiger charge is -2.38. The van der Waals surface area contributed by atoms with Crippen molar-refractivity contribution in [2.45, 2.75) is 57.1 Å². The first-order chi connectivity index (χ1) is 12.3. The molecule has 26 heavy (non-hydrogen) atoms. The lowest BCUT2D eigenvalue weighted by molar-refractivity contribution is 0.367. The molecule has 7 heteroatoms. The minimum atomic E-state index is -3.70. The van der Waals surface area contributed by atoms with Crippen LogP contribution in [-0.4, -0.2) is 30.6 Å². The van der Waals surface area contributed by atoms with Crippen LogP contribution in [-0.2, 0) is 10.0 Å². The normalized spacial score (nSPS) is 22.3. The Morgan fingerprint density at radius 1 is 1.08 bits per heavy atom. The van der Waals surface area contributed by atoms with E-state index in [1.54, 1.807) is 32.1 Å². The van der Waals surface area contributed by atoms with Crippen LogP contribution in [0.3, 0.4) is 0 Å². The summed E-state index contributed by atoms with van der Waals surface area (Å²) in [6.07, 6.45) is 8.27. The van der Waals surface area contributed by atoms with Crippen molar-refractivity contribution >= 4 is 10.0 Å². The van der Waals surface area contributed by atoms with Crippen LogP contribution in [0.2, 0.25) is 0 Å². The maximum atomic E-state index is 13.4. The Hall–Kier alpha value is -2.14. The van der Waals surface area contributed by atoms with Gasteiger partial charge in [0.15, 0.2) is 0 Å². The first-order valence-electron chi connectivity index (χ1n) is 8.88. The van der Waals surface area contributed by atoms with E-state index < -0.39 is 20.7 Å². The highest BCUT2D eigenvalue weighted by Gasteiger charge is 2.47. The van der Waals surface area contributed by atoms with Crippen LogP contribution in [0.15, 0.2) is 23.8 Å². The second-order valence-electron chi connectivity index (χ2n) is 6.63. The zero-order chi connectivity index (χ0) is 19.6. The smallest absolute Gasteiger partial charge is 0.211 e. The number of allylic oxidation sites excluding steroid dienone is 3. The second kappa shape index (κ2) is 10.1. The lowest BCUT2D eigenvalue weighted by Crippen LogP contribution is -2.50. The third-order valence-electron chi connectivity index (χ3n) is 4.95. The molecule has 0 aromatic rings. The standard InChI is InChI=1S/C19H26N4O2S/c1-17-18(16-22)10-9-11-19(17,2)26(24,25)23(14-7-3-5-12-20)15-8-4-6-13-21/h9-11,17H,3-8,14-15H2,1-2H3. The average Bonchev–Trinajstić information content (AvgIpc) is 2.62. The van der Waals surface area contributed by atoms with Gasteiger partial charge in [0, 0.05) is 37.4 Å². The second-order valence-corrected chi connectivity index (χ2v) is 8.98. The maximum absolute atomic E-state index is 13.4. The predicted octanol–water partition coefficient (Wildman–Crippen LogP) is 3.42. The lowest BCUT2D eigenvalue weighted by atomic mass is 9.84. The van der Waals surface area contributed by atoms with Crippen LogP contribution in [0.1, 0.15) is 52.4 Å². The van der Waals surface area contributed by atoms with E-state index in [0.29, 0.717) is 57.2 Å². The Kier molecular flexibility index (Phi) is 8.52. The molecule has 0 saturated heterocycles. The Morgan fingerprint density at radius 3 is 2.08 bits per heavy atom. The van der Waals surface area contributed by atoms with Crippen LogP contribution in [0.5, 0.6) is 0 Å². The molecule has 2 atom stereocenters. The molecule has 0 heterocycles. The van der Waals surface area contributed by atoms with Crippen molar-refractivity contribution in [2.75, 3.05) is 13.1 Å². The Morgan fingerprint density at radius 2 is 1.62 bits per heavy atom. The molecule has 0 amide bonds. The Bertz CT molecular complexity index is 743. The summed E-state index contributed by atoms with van der Waals surface area (Å²) >= 11 is 0. The molecule has 0 saturated carbocycles. The summed E-state index contributed by atoms with van der Waals surface area (Å²) in [6.45, 7) is 4.11. The number of rotatable bonds is 10. The van der Waals surface area contributed by atoms with Gasteiger partial charge in [-0.15, -0.1) is 0 Å². The van der Waals surface area contributed by atoms with Crippen LogP contribution in [0.25, 0.3) is 0 Å². The van der Waals surface area contributed by atoms with Crippen molar-refractivity contribution in [1.29, 1.82) is 15.8 Å². The van der Waals surface area contributed by atoms with E-state index in [4.69, 9.17) is 10.5 Å². The van der Waals surface area contributed by atoms with Crippen molar-refractivity contribution in [3.63, 3.8) is 0 Å². The highest BCUT2D eigenvalue weighted by Crippen LogP contribution is 2.38. The van der Waals surface area contributed by atoms with Gasteiger partial charge in [-0.1, -0.05) is 19.1 Å². The summed E-state index contributed by atoms with van der Waals surface area (Å²) in [4.78, 5) is 0. The number of sulfonamides is 1. The molecule has 2 unspecified atom stereocenters. The molecule has 0 aromatic carbocycles. The molecule has 0 aliphatic heterocycles. The SMILES string of the molecule is CC1C(C#N)=CC=CC1(C)S(=O)(=O)N(CCCCC#N)CCCCC#N. The summed E-state index contributed by atoms with van der Waals surface area (Å²) in [5.74, 6) is -0.441. The molecule has 0 radical (unpaired) electrons. The van der Waals surface area contributed by atoms with Crippen molar-refractivity contribution in [3.05, 3.63) is 23.8 Å². The quantitative estimate of drug-likeness (QED) is 0.544. The third kappa shape index (κ3) is 4.94. The number of nitrogens with zero attached hydrogens (tertiary/aromatic N) is 4. The molecule has 140 valence electrons. The van der Waals surface area contributed by atoms with Crippen molar-refractivity contribution < 1.29 is 8.42 Å². The minimum Gasteiger partial charge on any atom is -0.211 e. The van der Waals surface area contributed by atoms with Crippen LogP contribution < -0.4 is 0 Å². The van der Waals surface area contributed by atoms with E-state index in [0.717, 1.165) is 0 Å². The van der Waals surface area contributed by atoms with Crippen LogP contribution in [0.4, 0.5) is 0 Å². The molecule has 1 aliphatic rings. The fourth-order valence-corrected chi connectivity index (χ4v) is 5.12. The molecule has 6 nitrogen and oxygen atoms in total. The molecule has 0 N–H and O–H groups in total. The largest absolute Gasteiger partial charge is 0.223 e. The van der Waals surface area contributed by atoms with E-state index in [-0.39, 0.29) is 0 Å². The van der Waals surface area contributed by atoms with E-state index >= 15 is 0 Å². The van der Waals surface area contributed by atoms with Gasteiger partial charge in [-0.25, -0.2) is 12.7 Å². The molecule has 0 aromatic heterocycles. The van der Waals surface area contributed by atoms with Crippen molar-refractivity contribution in [2.24, 2.45) is 5.92 Å². The first kappa shape index (κ1) is 21.9. The molecule has 1 aliphatic carbocycles. The summed E-state index contributed by atoms with van der Waals surface area (Å²) in [5.41, 5.74) is 0.451. The van der Waals surface area contributed by atoms with Gasteiger partial charge in [-0.2, -0.15) is 15.8 Å². The van der Waals surface area contributed by atoms with Gasteiger partial charge in [0.25, 0.3) is 0 Å². The zero-order valence-corrected chi connectivity index (χ0v) is 16.3. The highest BCUT2D eigenvalue weighted by atomic mass is 32.2.